The van der Waals surface area contributed by atoms with Gasteiger partial charge in [0.25, 0.3) is 0 Å². The first-order valence-corrected chi connectivity index (χ1v) is 8.43. The van der Waals surface area contributed by atoms with Crippen LogP contribution >= 0.6 is 0 Å². The van der Waals surface area contributed by atoms with E-state index in [-0.39, 0.29) is 10.6 Å². The van der Waals surface area contributed by atoms with E-state index >= 15 is 0 Å². The zero-order valence-corrected chi connectivity index (χ0v) is 16.2. The van der Waals surface area contributed by atoms with Crippen LogP contribution in [0.2, 0.25) is 0 Å². The van der Waals surface area contributed by atoms with Crippen LogP contribution in [0.4, 0.5) is 43.9 Å². The quantitative estimate of drug-likeness (QED) is 0.400. The van der Waals surface area contributed by atoms with Gasteiger partial charge in [-0.2, -0.15) is 43.9 Å². The normalized spacial score (nSPS) is 14.0. The van der Waals surface area contributed by atoms with Crippen LogP contribution in [0.1, 0.15) is 18.6 Å². The molecule has 182 valence electrons. The van der Waals surface area contributed by atoms with Crippen molar-refractivity contribution in [3.05, 3.63) is 29.8 Å². The molecular weight excluding hydrogens is 472 g/mol. The number of esters is 1. The van der Waals surface area contributed by atoms with Crippen LogP contribution in [0.3, 0.4) is 0 Å². The fourth-order valence-corrected chi connectivity index (χ4v) is 2.25. The molecule has 0 bridgehead atoms. The summed E-state index contributed by atoms with van der Waals surface area (Å²) in [5.74, 6) is -18.0. The smallest absolute Gasteiger partial charge is 0.465 e. The summed E-state index contributed by atoms with van der Waals surface area (Å²) >= 11 is 0. The van der Waals surface area contributed by atoms with Crippen LogP contribution in [0.5, 0.6) is 5.75 Å². The number of carbonyl (C=O) groups is 2. The van der Waals surface area contributed by atoms with E-state index in [2.05, 4.69) is 4.74 Å². The van der Waals surface area contributed by atoms with Gasteiger partial charge in [-0.05, 0) is 24.6 Å². The Labute approximate surface area is 173 Å². The van der Waals surface area contributed by atoms with E-state index in [9.17, 15) is 53.5 Å². The minimum Gasteiger partial charge on any atom is -0.497 e. The Kier molecular flexibility index (Phi) is 8.02. The van der Waals surface area contributed by atoms with Crippen molar-refractivity contribution < 1.29 is 63.0 Å². The van der Waals surface area contributed by atoms with Gasteiger partial charge in [0.1, 0.15) is 11.9 Å². The molecule has 1 unspecified atom stereocenters. The van der Waals surface area contributed by atoms with E-state index in [0.717, 1.165) is 32.2 Å². The highest BCUT2D eigenvalue weighted by molar-refractivity contribution is 5.84. The maximum absolute atomic E-state index is 13.4. The van der Waals surface area contributed by atoms with E-state index in [1.807, 2.05) is 0 Å². The maximum Gasteiger partial charge on any atom is 0.465 e. The number of alkyl halides is 10. The Bertz CT molecular complexity index is 822. The van der Waals surface area contributed by atoms with Crippen molar-refractivity contribution in [2.45, 2.75) is 37.2 Å². The van der Waals surface area contributed by atoms with Gasteiger partial charge >= 0.3 is 36.1 Å². The number of rotatable bonds is 8. The molecule has 0 aliphatic carbocycles. The number of hydrogen-bond donors (Lipinski definition) is 0. The molecule has 1 amide bonds. The molecule has 0 radical (unpaired) electrons. The van der Waals surface area contributed by atoms with Crippen LogP contribution in [0.25, 0.3) is 0 Å². The number of halogens is 10. The molecule has 0 aliphatic heterocycles. The number of likely N-dealkylation sites (N-methyl/N-ethyl adjacent to an activating group) is 1. The predicted molar refractivity (Wildman–Crippen MR) is 86.1 cm³/mol. The summed E-state index contributed by atoms with van der Waals surface area (Å²) in [6.45, 7) is -1.33. The SMILES string of the molecule is CCN(CC(OC(=O)C(F)(F)C(F)(F)F)c1cccc(OC)c1)C(=O)C(F)(F)C(F)(F)F. The fraction of sp³-hybridized carbons (Fsp3) is 0.529. The second-order valence-electron chi connectivity index (χ2n) is 6.16. The lowest BCUT2D eigenvalue weighted by atomic mass is 10.1. The Balaban J connectivity index is 3.37. The van der Waals surface area contributed by atoms with Crippen LogP contribution in [-0.2, 0) is 14.3 Å². The number of methoxy groups -OCH3 is 1. The zero-order valence-electron chi connectivity index (χ0n) is 16.2. The lowest BCUT2D eigenvalue weighted by Crippen LogP contribution is -2.53. The first-order valence-electron chi connectivity index (χ1n) is 8.43. The number of amides is 1. The average molecular weight is 487 g/mol. The molecule has 1 rings (SSSR count). The van der Waals surface area contributed by atoms with Gasteiger partial charge in [0, 0.05) is 6.54 Å². The van der Waals surface area contributed by atoms with E-state index in [1.54, 1.807) is 0 Å². The highest BCUT2D eigenvalue weighted by Gasteiger charge is 2.66. The monoisotopic (exact) mass is 487 g/mol. The molecule has 0 saturated carbocycles. The van der Waals surface area contributed by atoms with Crippen molar-refractivity contribution in [2.24, 2.45) is 0 Å². The minimum absolute atomic E-state index is 0.0545. The van der Waals surface area contributed by atoms with Crippen molar-refractivity contribution in [3.8, 4) is 5.75 Å². The van der Waals surface area contributed by atoms with Crippen molar-refractivity contribution in [2.75, 3.05) is 20.2 Å². The summed E-state index contributed by atoms with van der Waals surface area (Å²) in [6.07, 6.45) is -15.0. The van der Waals surface area contributed by atoms with Gasteiger partial charge in [0.15, 0.2) is 0 Å². The van der Waals surface area contributed by atoms with Crippen LogP contribution < -0.4 is 4.74 Å². The van der Waals surface area contributed by atoms with Crippen molar-refractivity contribution in [3.63, 3.8) is 0 Å². The van der Waals surface area contributed by atoms with Gasteiger partial charge in [-0.25, -0.2) is 4.79 Å². The first kappa shape index (κ1) is 27.3. The van der Waals surface area contributed by atoms with E-state index < -0.39 is 60.8 Å². The lowest BCUT2D eigenvalue weighted by Gasteiger charge is -2.31. The Morgan fingerprint density at radius 1 is 0.938 bits per heavy atom. The summed E-state index contributed by atoms with van der Waals surface area (Å²) in [7, 11) is 1.11. The summed E-state index contributed by atoms with van der Waals surface area (Å²) < 4.78 is 137. The number of hydrogen-bond acceptors (Lipinski definition) is 4. The molecule has 5 nitrogen and oxygen atoms in total. The fourth-order valence-electron chi connectivity index (χ4n) is 2.25. The molecule has 0 aromatic heterocycles. The summed E-state index contributed by atoms with van der Waals surface area (Å²) in [5.41, 5.74) is -0.419. The summed E-state index contributed by atoms with van der Waals surface area (Å²) in [5, 5.41) is 0. The number of benzene rings is 1. The topological polar surface area (TPSA) is 55.8 Å². The number of ether oxygens (including phenoxy) is 2. The van der Waals surface area contributed by atoms with Gasteiger partial charge in [-0.3, -0.25) is 4.79 Å². The Morgan fingerprint density at radius 3 is 1.91 bits per heavy atom. The van der Waals surface area contributed by atoms with Crippen molar-refractivity contribution >= 4 is 11.9 Å². The van der Waals surface area contributed by atoms with E-state index in [1.165, 1.54) is 6.07 Å². The lowest BCUT2D eigenvalue weighted by molar-refractivity contribution is -0.283. The summed E-state index contributed by atoms with van der Waals surface area (Å²) in [4.78, 5) is 23.0. The molecule has 1 aromatic rings. The second kappa shape index (κ2) is 9.40. The molecule has 0 saturated heterocycles. The first-order chi connectivity index (χ1) is 14.4. The summed E-state index contributed by atoms with van der Waals surface area (Å²) in [6, 6.07) is 4.31. The molecule has 0 fully saturated rings. The van der Waals surface area contributed by atoms with Gasteiger partial charge in [0.2, 0.25) is 0 Å². The molecule has 0 spiro atoms. The molecule has 0 N–H and O–H groups in total. The van der Waals surface area contributed by atoms with Crippen LogP contribution in [0, 0.1) is 0 Å². The Hall–Kier alpha value is -2.74. The highest BCUT2D eigenvalue weighted by Crippen LogP contribution is 2.39. The molecular formula is C17H15F10NO4. The third-order valence-electron chi connectivity index (χ3n) is 4.01. The van der Waals surface area contributed by atoms with Gasteiger partial charge < -0.3 is 14.4 Å². The molecule has 1 aromatic carbocycles. The van der Waals surface area contributed by atoms with Gasteiger partial charge in [-0.1, -0.05) is 12.1 Å². The van der Waals surface area contributed by atoms with Crippen LogP contribution in [0.15, 0.2) is 24.3 Å². The zero-order chi connectivity index (χ0) is 25.1. The number of carbonyl (C=O) groups excluding carboxylic acids is 2. The van der Waals surface area contributed by atoms with Crippen molar-refractivity contribution in [1.82, 2.24) is 4.90 Å². The third kappa shape index (κ3) is 5.73. The standard InChI is InChI=1S/C17H15F10NO4/c1-3-28(12(29)14(18,19)16(22,23)24)8-11(9-5-4-6-10(7-9)31-2)32-13(30)15(20,21)17(25,26)27/h4-7,11H,3,8H2,1-2H3. The molecule has 15 heteroatoms. The highest BCUT2D eigenvalue weighted by atomic mass is 19.4. The Morgan fingerprint density at radius 2 is 1.47 bits per heavy atom. The van der Waals surface area contributed by atoms with Gasteiger partial charge in [0.05, 0.1) is 13.7 Å². The third-order valence-corrected chi connectivity index (χ3v) is 4.01. The maximum atomic E-state index is 13.4. The molecule has 0 aliphatic rings. The minimum atomic E-state index is -6.38. The number of nitrogens with zero attached hydrogens (tertiary/aromatic N) is 1. The van der Waals surface area contributed by atoms with Crippen molar-refractivity contribution in [1.29, 1.82) is 0 Å². The molecule has 0 heterocycles. The van der Waals surface area contributed by atoms with Crippen LogP contribution in [-0.4, -0.2) is 61.2 Å². The predicted octanol–water partition coefficient (Wildman–Crippen LogP) is 4.52. The largest absolute Gasteiger partial charge is 0.497 e. The van der Waals surface area contributed by atoms with Gasteiger partial charge in [-0.15, -0.1) is 0 Å². The second-order valence-corrected chi connectivity index (χ2v) is 6.16. The molecule has 32 heavy (non-hydrogen) atoms. The van der Waals surface area contributed by atoms with E-state index in [4.69, 9.17) is 4.74 Å². The van der Waals surface area contributed by atoms with E-state index in [0.29, 0.717) is 0 Å². The molecule has 1 atom stereocenters. The average Bonchev–Trinajstić information content (AvgIpc) is 2.68.